The first-order valence-corrected chi connectivity index (χ1v) is 8.18. The largest absolute Gasteiger partial charge is 0.469 e. The predicted molar refractivity (Wildman–Crippen MR) is 83.4 cm³/mol. The Morgan fingerprint density at radius 2 is 1.96 bits per heavy atom. The molecule has 1 rings (SSSR count). The van der Waals surface area contributed by atoms with Gasteiger partial charge in [-0.05, 0) is 39.0 Å². The molecule has 0 bridgehead atoms. The van der Waals surface area contributed by atoms with Gasteiger partial charge in [-0.2, -0.15) is 8.78 Å². The van der Waals surface area contributed by atoms with Crippen LogP contribution in [0.15, 0.2) is 18.2 Å². The van der Waals surface area contributed by atoms with Crippen molar-refractivity contribution in [3.05, 3.63) is 29.6 Å². The van der Waals surface area contributed by atoms with Crippen LogP contribution in [0, 0.1) is 5.82 Å². The van der Waals surface area contributed by atoms with E-state index in [9.17, 15) is 22.2 Å². The minimum absolute atomic E-state index is 0.115. The number of nitrogens with one attached hydrogen (secondary N) is 1. The van der Waals surface area contributed by atoms with Crippen LogP contribution in [0.3, 0.4) is 0 Å². The van der Waals surface area contributed by atoms with E-state index >= 15 is 0 Å². The van der Waals surface area contributed by atoms with Crippen LogP contribution in [0.25, 0.3) is 0 Å². The van der Waals surface area contributed by atoms with Crippen LogP contribution in [0.5, 0.6) is 5.75 Å². The van der Waals surface area contributed by atoms with E-state index in [1.165, 1.54) is 0 Å². The molecule has 5 nitrogen and oxygen atoms in total. The summed E-state index contributed by atoms with van der Waals surface area (Å²) in [6.07, 6.45) is -0.326. The van der Waals surface area contributed by atoms with Gasteiger partial charge in [0.25, 0.3) is 0 Å². The molecule has 1 unspecified atom stereocenters. The maximum atomic E-state index is 14.1. The Hall–Kier alpha value is -1.61. The van der Waals surface area contributed by atoms with E-state index in [1.54, 1.807) is 20.8 Å². The lowest BCUT2D eigenvalue weighted by Crippen LogP contribution is -2.37. The molecule has 0 fully saturated rings. The highest BCUT2D eigenvalue weighted by molar-refractivity contribution is 7.84. The molecule has 24 heavy (non-hydrogen) atoms. The summed E-state index contributed by atoms with van der Waals surface area (Å²) in [7, 11) is -0.466. The van der Waals surface area contributed by atoms with E-state index in [0.717, 1.165) is 25.3 Å². The first-order valence-electron chi connectivity index (χ1n) is 7.03. The smallest absolute Gasteiger partial charge is 0.387 e. The Labute approximate surface area is 141 Å². The number of carbonyl (C=O) groups excluding carboxylic acids is 1. The molecule has 1 aromatic carbocycles. The number of rotatable bonds is 7. The van der Waals surface area contributed by atoms with E-state index in [1.807, 2.05) is 0 Å². The van der Waals surface area contributed by atoms with Gasteiger partial charge in [-0.15, -0.1) is 0 Å². The van der Waals surface area contributed by atoms with E-state index in [0.29, 0.717) is 0 Å². The summed E-state index contributed by atoms with van der Waals surface area (Å²) in [5.74, 6) is -1.68. The highest BCUT2D eigenvalue weighted by Gasteiger charge is 2.27. The van der Waals surface area contributed by atoms with E-state index in [2.05, 4.69) is 14.2 Å². The van der Waals surface area contributed by atoms with Crippen molar-refractivity contribution in [2.45, 2.75) is 44.6 Å². The topological polar surface area (TPSA) is 64.6 Å². The molecule has 0 aliphatic rings. The van der Waals surface area contributed by atoms with Gasteiger partial charge in [0.05, 0.1) is 35.3 Å². The number of methoxy groups -OCH3 is 1. The summed E-state index contributed by atoms with van der Waals surface area (Å²) in [6.45, 7) is 2.01. The van der Waals surface area contributed by atoms with Crippen LogP contribution in [0.4, 0.5) is 13.2 Å². The van der Waals surface area contributed by atoms with Crippen molar-refractivity contribution >= 4 is 17.0 Å². The van der Waals surface area contributed by atoms with E-state index < -0.39 is 40.2 Å². The lowest BCUT2D eigenvalue weighted by Gasteiger charge is -2.24. The fraction of sp³-hybridized carbons (Fsp3) is 0.533. The zero-order chi connectivity index (χ0) is 18.5. The summed E-state index contributed by atoms with van der Waals surface area (Å²) in [5.41, 5.74) is -0.115. The highest BCUT2D eigenvalue weighted by Crippen LogP contribution is 2.27. The third-order valence-corrected chi connectivity index (χ3v) is 4.58. The Kier molecular flexibility index (Phi) is 7.22. The van der Waals surface area contributed by atoms with Crippen molar-refractivity contribution in [3.63, 3.8) is 0 Å². The number of halogens is 3. The molecule has 0 spiro atoms. The zero-order valence-corrected chi connectivity index (χ0v) is 14.6. The molecule has 0 aromatic heterocycles. The van der Waals surface area contributed by atoms with Crippen molar-refractivity contribution in [2.75, 3.05) is 7.11 Å². The quantitative estimate of drug-likeness (QED) is 0.752. The molecule has 1 N–H and O–H groups in total. The van der Waals surface area contributed by atoms with Crippen LogP contribution >= 0.6 is 0 Å². The van der Waals surface area contributed by atoms with Crippen molar-refractivity contribution in [2.24, 2.45) is 0 Å². The van der Waals surface area contributed by atoms with Crippen LogP contribution in [-0.2, 0) is 20.5 Å². The SMILES string of the molecule is COC(=O)C[C@H](NS(=O)C(C)(C)C)c1cc(OC(F)F)ccc1F. The van der Waals surface area contributed by atoms with E-state index in [4.69, 9.17) is 0 Å². The number of ether oxygens (including phenoxy) is 2. The van der Waals surface area contributed by atoms with Gasteiger partial charge in [0.2, 0.25) is 0 Å². The molecule has 136 valence electrons. The summed E-state index contributed by atoms with van der Waals surface area (Å²) in [4.78, 5) is 11.6. The third kappa shape index (κ3) is 6.12. The molecule has 0 saturated carbocycles. The summed E-state index contributed by atoms with van der Waals surface area (Å²) in [6, 6.07) is 2.00. The molecule has 9 heteroatoms. The van der Waals surface area contributed by atoms with Crippen LogP contribution in [0.1, 0.15) is 38.8 Å². The van der Waals surface area contributed by atoms with Crippen molar-refractivity contribution < 1.29 is 31.6 Å². The Bertz CT molecular complexity index is 605. The molecule has 0 aliphatic carbocycles. The van der Waals surface area contributed by atoms with Gasteiger partial charge in [-0.3, -0.25) is 4.79 Å². The molecule has 0 amide bonds. The fourth-order valence-corrected chi connectivity index (χ4v) is 2.56. The maximum Gasteiger partial charge on any atom is 0.387 e. The zero-order valence-electron chi connectivity index (χ0n) is 13.8. The van der Waals surface area contributed by atoms with Crippen molar-refractivity contribution in [1.82, 2.24) is 4.72 Å². The summed E-state index contributed by atoms with van der Waals surface area (Å²) < 4.78 is 61.8. The number of benzene rings is 1. The lowest BCUT2D eigenvalue weighted by atomic mass is 10.0. The first kappa shape index (κ1) is 20.4. The van der Waals surface area contributed by atoms with Crippen LogP contribution in [-0.4, -0.2) is 28.6 Å². The number of carbonyl (C=O) groups is 1. The van der Waals surface area contributed by atoms with Gasteiger partial charge < -0.3 is 9.47 Å². The number of hydrogen-bond donors (Lipinski definition) is 1. The molecule has 0 saturated heterocycles. The number of hydrogen-bond acceptors (Lipinski definition) is 4. The molecule has 0 heterocycles. The Morgan fingerprint density at radius 1 is 1.33 bits per heavy atom. The van der Waals surface area contributed by atoms with Crippen molar-refractivity contribution in [3.8, 4) is 5.75 Å². The predicted octanol–water partition coefficient (Wildman–Crippen LogP) is 3.08. The lowest BCUT2D eigenvalue weighted by molar-refractivity contribution is -0.141. The van der Waals surface area contributed by atoms with Crippen molar-refractivity contribution in [1.29, 1.82) is 0 Å². The minimum atomic E-state index is -3.07. The number of alkyl halides is 2. The second-order valence-corrected chi connectivity index (χ2v) is 7.89. The Balaban J connectivity index is 3.17. The number of esters is 1. The van der Waals surface area contributed by atoms with E-state index in [-0.39, 0.29) is 17.7 Å². The fourth-order valence-electron chi connectivity index (χ4n) is 1.74. The second kappa shape index (κ2) is 8.48. The monoisotopic (exact) mass is 367 g/mol. The molecule has 1 aromatic rings. The normalized spacial score (nSPS) is 14.3. The highest BCUT2D eigenvalue weighted by atomic mass is 32.2. The van der Waals surface area contributed by atoms with Crippen LogP contribution in [0.2, 0.25) is 0 Å². The molecular formula is C15H20F3NO4S. The maximum absolute atomic E-state index is 14.1. The third-order valence-electron chi connectivity index (χ3n) is 2.97. The summed E-state index contributed by atoms with van der Waals surface area (Å²) >= 11 is 0. The average molecular weight is 367 g/mol. The van der Waals surface area contributed by atoms with Crippen LogP contribution < -0.4 is 9.46 Å². The van der Waals surface area contributed by atoms with Gasteiger partial charge in [-0.1, -0.05) is 0 Å². The summed E-state index contributed by atoms with van der Waals surface area (Å²) in [5, 5.41) is 0. The Morgan fingerprint density at radius 3 is 2.46 bits per heavy atom. The second-order valence-electron chi connectivity index (χ2n) is 5.89. The molecule has 0 aliphatic heterocycles. The first-order chi connectivity index (χ1) is 11.0. The van der Waals surface area contributed by atoms with Gasteiger partial charge in [0, 0.05) is 5.56 Å². The van der Waals surface area contributed by atoms with Gasteiger partial charge >= 0.3 is 12.6 Å². The minimum Gasteiger partial charge on any atom is -0.469 e. The standard InChI is InChI=1S/C15H20F3NO4S/c1-15(2,3)24(21)19-12(8-13(20)22-4)10-7-9(23-14(17)18)5-6-11(10)16/h5-7,12,14,19H,8H2,1-4H3/t12-,24?/m0/s1. The molecule has 2 atom stereocenters. The van der Waals surface area contributed by atoms with Gasteiger partial charge in [0.1, 0.15) is 11.6 Å². The van der Waals surface area contributed by atoms with Gasteiger partial charge in [-0.25, -0.2) is 13.3 Å². The average Bonchev–Trinajstić information content (AvgIpc) is 2.46. The molecule has 0 radical (unpaired) electrons. The molecular weight excluding hydrogens is 347 g/mol. The van der Waals surface area contributed by atoms with Gasteiger partial charge in [0.15, 0.2) is 0 Å².